The van der Waals surface area contributed by atoms with E-state index in [1.807, 2.05) is 18.2 Å². The standard InChI is InChI=1S/C20H24FNO2/c21-20-7-2-1-4-18(20)15-23-12-13-24-19-6-3-5-17(14-19)16-8-10-22-11-9-16/h1-7,14,16,22H,8-13,15H2. The average Bonchev–Trinajstić information content (AvgIpc) is 2.64. The third-order valence-corrected chi connectivity index (χ3v) is 4.38. The summed E-state index contributed by atoms with van der Waals surface area (Å²) in [5.74, 6) is 1.26. The van der Waals surface area contributed by atoms with Gasteiger partial charge < -0.3 is 14.8 Å². The van der Waals surface area contributed by atoms with Gasteiger partial charge in [-0.15, -0.1) is 0 Å². The highest BCUT2D eigenvalue weighted by Gasteiger charge is 2.15. The first-order valence-electron chi connectivity index (χ1n) is 8.57. The number of benzene rings is 2. The second-order valence-corrected chi connectivity index (χ2v) is 6.09. The zero-order chi connectivity index (χ0) is 16.6. The van der Waals surface area contributed by atoms with E-state index in [9.17, 15) is 4.39 Å². The van der Waals surface area contributed by atoms with E-state index >= 15 is 0 Å². The fraction of sp³-hybridized carbons (Fsp3) is 0.400. The summed E-state index contributed by atoms with van der Waals surface area (Å²) in [4.78, 5) is 0. The van der Waals surface area contributed by atoms with Crippen molar-refractivity contribution in [3.05, 3.63) is 65.5 Å². The molecule has 1 heterocycles. The summed E-state index contributed by atoms with van der Waals surface area (Å²) in [7, 11) is 0. The molecule has 1 N–H and O–H groups in total. The van der Waals surface area contributed by atoms with Crippen molar-refractivity contribution in [1.82, 2.24) is 5.32 Å². The first-order valence-corrected chi connectivity index (χ1v) is 8.57. The SMILES string of the molecule is Fc1ccccc1COCCOc1cccc(C2CCNCC2)c1. The van der Waals surface area contributed by atoms with Crippen molar-refractivity contribution in [2.24, 2.45) is 0 Å². The molecule has 0 atom stereocenters. The summed E-state index contributed by atoms with van der Waals surface area (Å²) in [5, 5.41) is 3.39. The summed E-state index contributed by atoms with van der Waals surface area (Å²) in [5.41, 5.74) is 1.92. The van der Waals surface area contributed by atoms with E-state index in [1.165, 1.54) is 24.5 Å². The summed E-state index contributed by atoms with van der Waals surface area (Å²) in [6.45, 7) is 3.33. The van der Waals surface area contributed by atoms with Crippen LogP contribution in [0.25, 0.3) is 0 Å². The molecule has 0 bridgehead atoms. The maximum Gasteiger partial charge on any atom is 0.128 e. The number of ether oxygens (including phenoxy) is 2. The van der Waals surface area contributed by atoms with Crippen molar-refractivity contribution in [3.8, 4) is 5.75 Å². The Labute approximate surface area is 142 Å². The van der Waals surface area contributed by atoms with Crippen LogP contribution < -0.4 is 10.1 Å². The lowest BCUT2D eigenvalue weighted by molar-refractivity contribution is 0.0871. The Morgan fingerprint density at radius 3 is 2.67 bits per heavy atom. The molecule has 2 aromatic carbocycles. The molecule has 0 aromatic heterocycles. The van der Waals surface area contributed by atoms with E-state index in [4.69, 9.17) is 9.47 Å². The maximum absolute atomic E-state index is 13.5. The number of hydrogen-bond acceptors (Lipinski definition) is 3. The van der Waals surface area contributed by atoms with Crippen molar-refractivity contribution in [2.45, 2.75) is 25.4 Å². The molecule has 0 saturated carbocycles. The van der Waals surface area contributed by atoms with Gasteiger partial charge in [-0.25, -0.2) is 4.39 Å². The lowest BCUT2D eigenvalue weighted by Gasteiger charge is -2.23. The predicted molar refractivity (Wildman–Crippen MR) is 92.8 cm³/mol. The van der Waals surface area contributed by atoms with Gasteiger partial charge in [-0.1, -0.05) is 30.3 Å². The molecule has 1 fully saturated rings. The Balaban J connectivity index is 1.42. The topological polar surface area (TPSA) is 30.5 Å². The minimum absolute atomic E-state index is 0.229. The van der Waals surface area contributed by atoms with Crippen LogP contribution in [-0.4, -0.2) is 26.3 Å². The first-order chi connectivity index (χ1) is 11.8. The van der Waals surface area contributed by atoms with Crippen molar-refractivity contribution in [3.63, 3.8) is 0 Å². The van der Waals surface area contributed by atoms with Gasteiger partial charge in [0.05, 0.1) is 13.2 Å². The van der Waals surface area contributed by atoms with Crippen molar-refractivity contribution >= 4 is 0 Å². The predicted octanol–water partition coefficient (Wildman–Crippen LogP) is 3.89. The highest BCUT2D eigenvalue weighted by Crippen LogP contribution is 2.27. The van der Waals surface area contributed by atoms with Gasteiger partial charge in [0, 0.05) is 5.56 Å². The Bertz CT molecular complexity index is 641. The van der Waals surface area contributed by atoms with Crippen LogP contribution in [-0.2, 0) is 11.3 Å². The van der Waals surface area contributed by atoms with E-state index in [2.05, 4.69) is 17.4 Å². The van der Waals surface area contributed by atoms with Crippen LogP contribution in [0.3, 0.4) is 0 Å². The molecule has 0 unspecified atom stereocenters. The highest BCUT2D eigenvalue weighted by molar-refractivity contribution is 5.31. The van der Waals surface area contributed by atoms with Crippen molar-refractivity contribution < 1.29 is 13.9 Å². The molecule has 3 rings (SSSR count). The van der Waals surface area contributed by atoms with Crippen LogP contribution in [0.4, 0.5) is 4.39 Å². The van der Waals surface area contributed by atoms with E-state index < -0.39 is 0 Å². The third kappa shape index (κ3) is 4.79. The fourth-order valence-corrected chi connectivity index (χ4v) is 3.03. The van der Waals surface area contributed by atoms with Gasteiger partial charge in [-0.05, 0) is 55.6 Å². The molecular weight excluding hydrogens is 305 g/mol. The number of halogens is 1. The second-order valence-electron chi connectivity index (χ2n) is 6.09. The smallest absolute Gasteiger partial charge is 0.128 e. The molecule has 0 spiro atoms. The molecule has 1 saturated heterocycles. The molecule has 0 amide bonds. The number of hydrogen-bond donors (Lipinski definition) is 1. The lowest BCUT2D eigenvalue weighted by Crippen LogP contribution is -2.26. The Kier molecular flexibility index (Phi) is 6.21. The summed E-state index contributed by atoms with van der Waals surface area (Å²) < 4.78 is 24.7. The lowest BCUT2D eigenvalue weighted by atomic mass is 9.90. The summed E-state index contributed by atoms with van der Waals surface area (Å²) in [6, 6.07) is 15.0. The van der Waals surface area contributed by atoms with Crippen LogP contribution >= 0.6 is 0 Å². The monoisotopic (exact) mass is 329 g/mol. The van der Waals surface area contributed by atoms with Gasteiger partial charge in [0.15, 0.2) is 0 Å². The van der Waals surface area contributed by atoms with Gasteiger partial charge >= 0.3 is 0 Å². The van der Waals surface area contributed by atoms with E-state index in [-0.39, 0.29) is 12.4 Å². The van der Waals surface area contributed by atoms with Gasteiger partial charge in [-0.2, -0.15) is 0 Å². The van der Waals surface area contributed by atoms with Crippen LogP contribution in [0.2, 0.25) is 0 Å². The Morgan fingerprint density at radius 1 is 1.00 bits per heavy atom. The van der Waals surface area contributed by atoms with Gasteiger partial charge in [0.2, 0.25) is 0 Å². The number of piperidine rings is 1. The molecule has 0 aliphatic carbocycles. The molecule has 3 nitrogen and oxygen atoms in total. The minimum Gasteiger partial charge on any atom is -0.491 e. The van der Waals surface area contributed by atoms with E-state index in [0.29, 0.717) is 24.7 Å². The summed E-state index contributed by atoms with van der Waals surface area (Å²) in [6.07, 6.45) is 2.35. The normalized spacial score (nSPS) is 15.4. The molecule has 1 aliphatic rings. The van der Waals surface area contributed by atoms with Gasteiger partial charge in [0.25, 0.3) is 0 Å². The number of nitrogens with one attached hydrogen (secondary N) is 1. The molecule has 128 valence electrons. The molecule has 4 heteroatoms. The van der Waals surface area contributed by atoms with Crippen LogP contribution in [0.1, 0.15) is 29.9 Å². The third-order valence-electron chi connectivity index (χ3n) is 4.38. The molecule has 0 radical (unpaired) electrons. The molecule has 24 heavy (non-hydrogen) atoms. The molecular formula is C20H24FNO2. The van der Waals surface area contributed by atoms with Crippen LogP contribution in [0.5, 0.6) is 5.75 Å². The molecule has 2 aromatic rings. The minimum atomic E-state index is -0.229. The molecule has 1 aliphatic heterocycles. The van der Waals surface area contributed by atoms with Crippen molar-refractivity contribution in [1.29, 1.82) is 0 Å². The van der Waals surface area contributed by atoms with E-state index in [0.717, 1.165) is 18.8 Å². The largest absolute Gasteiger partial charge is 0.491 e. The van der Waals surface area contributed by atoms with E-state index in [1.54, 1.807) is 12.1 Å². The zero-order valence-corrected chi connectivity index (χ0v) is 13.8. The van der Waals surface area contributed by atoms with Gasteiger partial charge in [-0.3, -0.25) is 0 Å². The summed E-state index contributed by atoms with van der Waals surface area (Å²) >= 11 is 0. The zero-order valence-electron chi connectivity index (χ0n) is 13.8. The Morgan fingerprint density at radius 2 is 1.83 bits per heavy atom. The second kappa shape index (κ2) is 8.81. The van der Waals surface area contributed by atoms with Crippen LogP contribution in [0, 0.1) is 5.82 Å². The highest BCUT2D eigenvalue weighted by atomic mass is 19.1. The van der Waals surface area contributed by atoms with Gasteiger partial charge in [0.1, 0.15) is 18.2 Å². The average molecular weight is 329 g/mol. The van der Waals surface area contributed by atoms with Crippen LogP contribution in [0.15, 0.2) is 48.5 Å². The quantitative estimate of drug-likeness (QED) is 0.782. The fourth-order valence-electron chi connectivity index (χ4n) is 3.03. The van der Waals surface area contributed by atoms with Crippen molar-refractivity contribution in [2.75, 3.05) is 26.3 Å². The maximum atomic E-state index is 13.5. The Hall–Kier alpha value is -1.91. The number of rotatable bonds is 7. The first kappa shape index (κ1) is 16.9.